The Morgan fingerprint density at radius 3 is 1.90 bits per heavy atom. The van der Waals surface area contributed by atoms with Crippen molar-refractivity contribution in [3.8, 4) is 0 Å². The van der Waals surface area contributed by atoms with E-state index in [9.17, 15) is 9.59 Å². The van der Waals surface area contributed by atoms with Crippen LogP contribution in [-0.2, 0) is 9.59 Å². The lowest BCUT2D eigenvalue weighted by atomic mass is 10.1. The maximum Gasteiger partial charge on any atom is 0.313 e. The number of carbonyl (C=O) groups is 2. The fraction of sp³-hybridized carbons (Fsp3) is 0.667. The van der Waals surface area contributed by atoms with Gasteiger partial charge in [0.15, 0.2) is 5.78 Å². The Bertz CT molecular complexity index is 153. The van der Waals surface area contributed by atoms with Crippen LogP contribution in [0, 0.1) is 5.92 Å². The Kier molecular flexibility index (Phi) is 3.57. The van der Waals surface area contributed by atoms with Crippen LogP contribution in [0.5, 0.6) is 0 Å². The SMILES string of the molecule is CC(Br)C(=O)C(C)C(=O)O. The molecule has 2 atom stereocenters. The molecule has 0 aromatic rings. The standard InChI is InChI=1S/C6H9BrO3/c1-3(6(9)10)5(8)4(2)7/h3-4H,1-2H3,(H,9,10). The van der Waals surface area contributed by atoms with E-state index in [1.807, 2.05) is 0 Å². The fourth-order valence-electron chi connectivity index (χ4n) is 0.466. The van der Waals surface area contributed by atoms with Crippen LogP contribution in [0.15, 0.2) is 0 Å². The first kappa shape index (κ1) is 9.62. The number of Topliss-reactive ketones (excluding diaryl/α,β-unsaturated/α-hetero) is 1. The van der Waals surface area contributed by atoms with Crippen LogP contribution >= 0.6 is 15.9 Å². The quantitative estimate of drug-likeness (QED) is 0.558. The van der Waals surface area contributed by atoms with Gasteiger partial charge in [0.25, 0.3) is 0 Å². The predicted octanol–water partition coefficient (Wildman–Crippen LogP) is 1.06. The first-order valence-electron chi connectivity index (χ1n) is 2.87. The number of carboxylic acids is 1. The zero-order valence-electron chi connectivity index (χ0n) is 5.80. The van der Waals surface area contributed by atoms with Crippen molar-refractivity contribution in [2.24, 2.45) is 5.92 Å². The third kappa shape index (κ3) is 2.47. The highest BCUT2D eigenvalue weighted by molar-refractivity contribution is 9.10. The van der Waals surface area contributed by atoms with Gasteiger partial charge in [-0.2, -0.15) is 0 Å². The van der Waals surface area contributed by atoms with Crippen molar-refractivity contribution < 1.29 is 14.7 Å². The zero-order chi connectivity index (χ0) is 8.31. The van der Waals surface area contributed by atoms with E-state index >= 15 is 0 Å². The minimum absolute atomic E-state index is 0.299. The van der Waals surface area contributed by atoms with E-state index in [0.29, 0.717) is 0 Å². The maximum atomic E-state index is 10.9. The number of alkyl halides is 1. The first-order chi connectivity index (χ1) is 4.46. The van der Waals surface area contributed by atoms with Crippen LogP contribution in [0.2, 0.25) is 0 Å². The van der Waals surface area contributed by atoms with E-state index in [1.165, 1.54) is 6.92 Å². The molecule has 58 valence electrons. The monoisotopic (exact) mass is 208 g/mol. The summed E-state index contributed by atoms with van der Waals surface area (Å²) in [5.41, 5.74) is 0. The number of aliphatic carboxylic acids is 1. The number of hydrogen-bond acceptors (Lipinski definition) is 2. The molecule has 0 aromatic heterocycles. The summed E-state index contributed by atoms with van der Waals surface area (Å²) in [6.07, 6.45) is 0. The van der Waals surface area contributed by atoms with E-state index < -0.39 is 11.9 Å². The smallest absolute Gasteiger partial charge is 0.313 e. The molecule has 0 spiro atoms. The van der Waals surface area contributed by atoms with Gasteiger partial charge in [-0.15, -0.1) is 0 Å². The van der Waals surface area contributed by atoms with Crippen molar-refractivity contribution in [3.05, 3.63) is 0 Å². The lowest BCUT2D eigenvalue weighted by Crippen LogP contribution is -2.25. The number of halogens is 1. The molecule has 0 aliphatic carbocycles. The molecule has 0 aromatic carbocycles. The summed E-state index contributed by atoms with van der Waals surface area (Å²) in [7, 11) is 0. The molecule has 0 bridgehead atoms. The molecule has 0 radical (unpaired) electrons. The van der Waals surface area contributed by atoms with Gasteiger partial charge in [0.1, 0.15) is 5.92 Å². The zero-order valence-corrected chi connectivity index (χ0v) is 7.38. The molecule has 0 aliphatic rings. The Hall–Kier alpha value is -0.380. The van der Waals surface area contributed by atoms with E-state index in [0.717, 1.165) is 0 Å². The van der Waals surface area contributed by atoms with Gasteiger partial charge < -0.3 is 5.11 Å². The lowest BCUT2D eigenvalue weighted by molar-refractivity contribution is -0.145. The molecule has 4 heteroatoms. The molecule has 2 unspecified atom stereocenters. The van der Waals surface area contributed by atoms with Crippen molar-refractivity contribution in [2.75, 3.05) is 0 Å². The number of hydrogen-bond donors (Lipinski definition) is 1. The Balaban J connectivity index is 4.08. The number of ketones is 1. The van der Waals surface area contributed by atoms with Gasteiger partial charge in [-0.1, -0.05) is 15.9 Å². The Labute approximate surface area is 67.5 Å². The van der Waals surface area contributed by atoms with Gasteiger partial charge in [-0.25, -0.2) is 0 Å². The maximum absolute atomic E-state index is 10.9. The van der Waals surface area contributed by atoms with Crippen molar-refractivity contribution in [3.63, 3.8) is 0 Å². The first-order valence-corrected chi connectivity index (χ1v) is 3.79. The highest BCUT2D eigenvalue weighted by atomic mass is 79.9. The summed E-state index contributed by atoms with van der Waals surface area (Å²) < 4.78 is 0. The summed E-state index contributed by atoms with van der Waals surface area (Å²) in [5.74, 6) is -2.28. The van der Waals surface area contributed by atoms with Crippen molar-refractivity contribution >= 4 is 27.7 Å². The van der Waals surface area contributed by atoms with E-state index in [4.69, 9.17) is 5.11 Å². The average Bonchev–Trinajstić information content (AvgIpc) is 1.84. The van der Waals surface area contributed by atoms with Crippen LogP contribution in [-0.4, -0.2) is 21.7 Å². The molecule has 0 saturated heterocycles. The number of carboxylic acid groups (broad SMARTS) is 1. The van der Waals surface area contributed by atoms with Gasteiger partial charge >= 0.3 is 5.97 Å². The van der Waals surface area contributed by atoms with E-state index in [2.05, 4.69) is 15.9 Å². The van der Waals surface area contributed by atoms with Gasteiger partial charge in [-0.3, -0.25) is 9.59 Å². The molecule has 0 saturated carbocycles. The molecule has 0 amide bonds. The third-order valence-electron chi connectivity index (χ3n) is 1.19. The van der Waals surface area contributed by atoms with Crippen LogP contribution in [0.25, 0.3) is 0 Å². The second-order valence-corrected chi connectivity index (χ2v) is 3.45. The molecule has 0 aliphatic heterocycles. The molecule has 0 heterocycles. The molecule has 3 nitrogen and oxygen atoms in total. The molecular weight excluding hydrogens is 200 g/mol. The van der Waals surface area contributed by atoms with Crippen LogP contribution in [0.4, 0.5) is 0 Å². The predicted molar refractivity (Wildman–Crippen MR) is 40.2 cm³/mol. The second kappa shape index (κ2) is 3.71. The third-order valence-corrected chi connectivity index (χ3v) is 1.64. The highest BCUT2D eigenvalue weighted by Gasteiger charge is 2.23. The van der Waals surface area contributed by atoms with Gasteiger partial charge in [-0.05, 0) is 13.8 Å². The van der Waals surface area contributed by atoms with Gasteiger partial charge in [0, 0.05) is 0 Å². The minimum Gasteiger partial charge on any atom is -0.481 e. The van der Waals surface area contributed by atoms with Crippen molar-refractivity contribution in [1.82, 2.24) is 0 Å². The van der Waals surface area contributed by atoms with Gasteiger partial charge in [0.05, 0.1) is 4.83 Å². The Morgan fingerprint density at radius 2 is 1.80 bits per heavy atom. The minimum atomic E-state index is -1.07. The summed E-state index contributed by atoms with van der Waals surface area (Å²) in [4.78, 5) is 20.7. The fourth-order valence-corrected chi connectivity index (χ4v) is 0.863. The average molecular weight is 209 g/mol. The van der Waals surface area contributed by atoms with Gasteiger partial charge in [0.2, 0.25) is 0 Å². The van der Waals surface area contributed by atoms with E-state index in [-0.39, 0.29) is 10.6 Å². The van der Waals surface area contributed by atoms with Crippen LogP contribution in [0.3, 0.4) is 0 Å². The van der Waals surface area contributed by atoms with E-state index in [1.54, 1.807) is 6.92 Å². The molecule has 0 rings (SSSR count). The highest BCUT2D eigenvalue weighted by Crippen LogP contribution is 2.07. The number of rotatable bonds is 3. The summed E-state index contributed by atoms with van der Waals surface area (Å²) in [5, 5.41) is 8.36. The molecule has 0 fully saturated rings. The number of carbonyl (C=O) groups excluding carboxylic acids is 1. The Morgan fingerprint density at radius 1 is 1.40 bits per heavy atom. The normalized spacial score (nSPS) is 15.9. The second-order valence-electron chi connectivity index (χ2n) is 2.08. The topological polar surface area (TPSA) is 54.4 Å². The molecule has 10 heavy (non-hydrogen) atoms. The summed E-state index contributed by atoms with van der Waals surface area (Å²) >= 11 is 3.00. The van der Waals surface area contributed by atoms with Crippen LogP contribution in [0.1, 0.15) is 13.8 Å². The van der Waals surface area contributed by atoms with Crippen molar-refractivity contribution in [2.45, 2.75) is 18.7 Å². The van der Waals surface area contributed by atoms with Crippen LogP contribution < -0.4 is 0 Å². The summed E-state index contributed by atoms with van der Waals surface area (Å²) in [6, 6.07) is 0. The largest absolute Gasteiger partial charge is 0.481 e. The molecular formula is C6H9BrO3. The lowest BCUT2D eigenvalue weighted by Gasteiger charge is -2.05. The molecule has 1 N–H and O–H groups in total. The summed E-state index contributed by atoms with van der Waals surface area (Å²) in [6.45, 7) is 2.99. The van der Waals surface area contributed by atoms with Crippen molar-refractivity contribution in [1.29, 1.82) is 0 Å².